The number of hydrogen-bond donors (Lipinski definition) is 1. The first-order chi connectivity index (χ1) is 10.1. The minimum Gasteiger partial charge on any atom is -0.496 e. The Morgan fingerprint density at radius 1 is 1.14 bits per heavy atom. The average Bonchev–Trinajstić information content (AvgIpc) is 2.48. The number of methoxy groups -OCH3 is 1. The van der Waals surface area contributed by atoms with Gasteiger partial charge in [0.2, 0.25) is 0 Å². The zero-order chi connectivity index (χ0) is 15.2. The zero-order valence-electron chi connectivity index (χ0n) is 12.8. The second kappa shape index (κ2) is 7.23. The van der Waals surface area contributed by atoms with Crippen LogP contribution in [0.5, 0.6) is 5.75 Å². The van der Waals surface area contributed by atoms with Crippen molar-refractivity contribution in [2.24, 2.45) is 0 Å². The predicted molar refractivity (Wildman–Crippen MR) is 84.5 cm³/mol. The van der Waals surface area contributed by atoms with Crippen molar-refractivity contribution in [3.63, 3.8) is 0 Å². The van der Waals surface area contributed by atoms with Crippen LogP contribution < -0.4 is 10.1 Å². The normalized spacial score (nSPS) is 12.2. The van der Waals surface area contributed by atoms with Crippen molar-refractivity contribution in [2.45, 2.75) is 19.3 Å². The summed E-state index contributed by atoms with van der Waals surface area (Å²) in [5.41, 5.74) is 3.53. The Labute approximate surface area is 126 Å². The van der Waals surface area contributed by atoms with E-state index in [0.29, 0.717) is 0 Å². The Morgan fingerprint density at radius 3 is 2.48 bits per heavy atom. The Kier molecular flexibility index (Phi) is 5.34. The van der Waals surface area contributed by atoms with Gasteiger partial charge in [-0.2, -0.15) is 0 Å². The van der Waals surface area contributed by atoms with Gasteiger partial charge >= 0.3 is 0 Å². The summed E-state index contributed by atoms with van der Waals surface area (Å²) in [5.74, 6) is 0.991. The lowest BCUT2D eigenvalue weighted by Gasteiger charge is -2.19. The molecule has 21 heavy (non-hydrogen) atoms. The molecule has 2 aromatic rings. The van der Waals surface area contributed by atoms with Gasteiger partial charge in [-0.1, -0.05) is 29.8 Å². The molecule has 2 rings (SSSR count). The van der Waals surface area contributed by atoms with Gasteiger partial charge in [0, 0.05) is 12.5 Å². The lowest BCUT2D eigenvalue weighted by atomic mass is 9.91. The van der Waals surface area contributed by atoms with Crippen LogP contribution in [0, 0.1) is 12.7 Å². The van der Waals surface area contributed by atoms with Crippen molar-refractivity contribution in [3.05, 3.63) is 65.0 Å². The molecule has 3 heteroatoms. The third-order valence-corrected chi connectivity index (χ3v) is 3.69. The van der Waals surface area contributed by atoms with E-state index < -0.39 is 0 Å². The summed E-state index contributed by atoms with van der Waals surface area (Å²) < 4.78 is 18.6. The van der Waals surface area contributed by atoms with Gasteiger partial charge in [-0.25, -0.2) is 4.39 Å². The van der Waals surface area contributed by atoms with Crippen molar-refractivity contribution >= 4 is 0 Å². The van der Waals surface area contributed by atoms with E-state index in [1.807, 2.05) is 31.3 Å². The lowest BCUT2D eigenvalue weighted by Crippen LogP contribution is -2.19. The van der Waals surface area contributed by atoms with Crippen molar-refractivity contribution in [1.82, 2.24) is 5.32 Å². The first kappa shape index (κ1) is 15.5. The minimum absolute atomic E-state index is 0.199. The maximum absolute atomic E-state index is 13.1. The van der Waals surface area contributed by atoms with E-state index in [9.17, 15) is 4.39 Å². The summed E-state index contributed by atoms with van der Waals surface area (Å²) in [6.07, 6.45) is 0.858. The van der Waals surface area contributed by atoms with Gasteiger partial charge in [0.05, 0.1) is 7.11 Å². The predicted octanol–water partition coefficient (Wildman–Crippen LogP) is 3.69. The maximum atomic E-state index is 13.1. The number of likely N-dealkylation sites (N-methyl/N-ethyl adjacent to an activating group) is 1. The number of halogens is 1. The van der Waals surface area contributed by atoms with Gasteiger partial charge in [0.25, 0.3) is 0 Å². The summed E-state index contributed by atoms with van der Waals surface area (Å²) in [4.78, 5) is 0. The van der Waals surface area contributed by atoms with Crippen LogP contribution in [0.4, 0.5) is 4.39 Å². The van der Waals surface area contributed by atoms with Gasteiger partial charge < -0.3 is 10.1 Å². The standard InChI is InChI=1S/C18H22FNO/c1-13-4-9-18(21-3)15(10-13)11-16(12-20-2)14-5-7-17(19)8-6-14/h4-10,16,20H,11-12H2,1-3H3. The fraction of sp³-hybridized carbons (Fsp3) is 0.333. The summed E-state index contributed by atoms with van der Waals surface area (Å²) in [6, 6.07) is 13.0. The fourth-order valence-corrected chi connectivity index (χ4v) is 2.62. The van der Waals surface area contributed by atoms with Crippen molar-refractivity contribution in [1.29, 1.82) is 0 Å². The van der Waals surface area contributed by atoms with Gasteiger partial charge in [0.15, 0.2) is 0 Å². The Bertz CT molecular complexity index is 580. The van der Waals surface area contributed by atoms with Crippen molar-refractivity contribution < 1.29 is 9.13 Å². The highest BCUT2D eigenvalue weighted by molar-refractivity contribution is 5.38. The van der Waals surface area contributed by atoms with Crippen molar-refractivity contribution in [2.75, 3.05) is 20.7 Å². The quantitative estimate of drug-likeness (QED) is 0.875. The molecule has 1 atom stereocenters. The second-order valence-corrected chi connectivity index (χ2v) is 5.33. The number of benzene rings is 2. The molecule has 2 nitrogen and oxygen atoms in total. The summed E-state index contributed by atoms with van der Waals surface area (Å²) >= 11 is 0. The van der Waals surface area contributed by atoms with E-state index in [-0.39, 0.29) is 11.7 Å². The van der Waals surface area contributed by atoms with E-state index in [2.05, 4.69) is 18.3 Å². The molecule has 0 amide bonds. The first-order valence-corrected chi connectivity index (χ1v) is 7.17. The molecule has 0 radical (unpaired) electrons. The number of nitrogens with one attached hydrogen (secondary N) is 1. The van der Waals surface area contributed by atoms with E-state index in [1.165, 1.54) is 23.3 Å². The van der Waals surface area contributed by atoms with Crippen LogP contribution in [0.25, 0.3) is 0 Å². The SMILES string of the molecule is CNCC(Cc1cc(C)ccc1OC)c1ccc(F)cc1. The van der Waals surface area contributed by atoms with Crippen LogP contribution in [-0.4, -0.2) is 20.7 Å². The maximum Gasteiger partial charge on any atom is 0.123 e. The molecule has 0 saturated heterocycles. The molecule has 0 aromatic heterocycles. The third kappa shape index (κ3) is 4.05. The van der Waals surface area contributed by atoms with E-state index in [0.717, 1.165) is 24.3 Å². The van der Waals surface area contributed by atoms with Gasteiger partial charge in [0.1, 0.15) is 11.6 Å². The monoisotopic (exact) mass is 287 g/mol. The number of hydrogen-bond acceptors (Lipinski definition) is 2. The molecule has 0 heterocycles. The minimum atomic E-state index is -0.199. The Hall–Kier alpha value is -1.87. The van der Waals surface area contributed by atoms with Crippen LogP contribution in [0.15, 0.2) is 42.5 Å². The molecule has 0 aliphatic heterocycles. The van der Waals surface area contributed by atoms with Gasteiger partial charge in [-0.05, 0) is 49.7 Å². The number of rotatable bonds is 6. The Morgan fingerprint density at radius 2 is 1.86 bits per heavy atom. The molecule has 2 aromatic carbocycles. The molecule has 0 saturated carbocycles. The summed E-state index contributed by atoms with van der Waals surface area (Å²) in [5, 5.41) is 3.22. The molecule has 0 fully saturated rings. The summed E-state index contributed by atoms with van der Waals surface area (Å²) in [6.45, 7) is 2.91. The van der Waals surface area contributed by atoms with E-state index in [1.54, 1.807) is 7.11 Å². The highest BCUT2D eigenvalue weighted by atomic mass is 19.1. The van der Waals surface area contributed by atoms with Gasteiger partial charge in [-0.3, -0.25) is 0 Å². The molecular weight excluding hydrogens is 265 g/mol. The number of ether oxygens (including phenoxy) is 1. The van der Waals surface area contributed by atoms with Crippen LogP contribution in [0.1, 0.15) is 22.6 Å². The van der Waals surface area contributed by atoms with Crippen LogP contribution in [0.3, 0.4) is 0 Å². The average molecular weight is 287 g/mol. The Balaban J connectivity index is 2.27. The largest absolute Gasteiger partial charge is 0.496 e. The van der Waals surface area contributed by atoms with Crippen LogP contribution in [-0.2, 0) is 6.42 Å². The fourth-order valence-electron chi connectivity index (χ4n) is 2.62. The molecule has 0 aliphatic carbocycles. The highest BCUT2D eigenvalue weighted by Gasteiger charge is 2.14. The third-order valence-electron chi connectivity index (χ3n) is 3.69. The smallest absolute Gasteiger partial charge is 0.123 e. The van der Waals surface area contributed by atoms with E-state index >= 15 is 0 Å². The zero-order valence-corrected chi connectivity index (χ0v) is 12.8. The van der Waals surface area contributed by atoms with Crippen molar-refractivity contribution in [3.8, 4) is 5.75 Å². The van der Waals surface area contributed by atoms with Crippen LogP contribution in [0.2, 0.25) is 0 Å². The highest BCUT2D eigenvalue weighted by Crippen LogP contribution is 2.27. The number of aryl methyl sites for hydroxylation is 1. The first-order valence-electron chi connectivity index (χ1n) is 7.17. The van der Waals surface area contributed by atoms with Crippen LogP contribution >= 0.6 is 0 Å². The molecule has 0 bridgehead atoms. The van der Waals surface area contributed by atoms with Gasteiger partial charge in [-0.15, -0.1) is 0 Å². The molecule has 0 spiro atoms. The molecule has 112 valence electrons. The molecule has 1 N–H and O–H groups in total. The van der Waals surface area contributed by atoms with E-state index in [4.69, 9.17) is 4.74 Å². The molecule has 0 aliphatic rings. The summed E-state index contributed by atoms with van der Waals surface area (Å²) in [7, 11) is 3.63. The topological polar surface area (TPSA) is 21.3 Å². The molecule has 1 unspecified atom stereocenters. The second-order valence-electron chi connectivity index (χ2n) is 5.33. The lowest BCUT2D eigenvalue weighted by molar-refractivity contribution is 0.407. The molecular formula is C18H22FNO.